The highest BCUT2D eigenvalue weighted by Gasteiger charge is 2.67. The molecule has 0 saturated carbocycles. The van der Waals surface area contributed by atoms with Gasteiger partial charge in [-0.15, -0.1) is 11.8 Å². The van der Waals surface area contributed by atoms with Crippen LogP contribution in [0.25, 0.3) is 0 Å². The lowest BCUT2D eigenvalue weighted by Gasteiger charge is -2.41. The van der Waals surface area contributed by atoms with Crippen molar-refractivity contribution >= 4 is 22.0 Å². The summed E-state index contributed by atoms with van der Waals surface area (Å²) in [4.78, 5) is 1.52. The smallest absolute Gasteiger partial charge is 0.248 e. The molecule has 1 nitrogen and oxygen atoms in total. The normalized spacial score (nSPS) is 15.4. The molecule has 20 heavy (non-hydrogen) atoms. The molecule has 0 aliphatic carbocycles. The Bertz CT molecular complexity index is 612. The van der Waals surface area contributed by atoms with E-state index in [-0.39, 0.29) is 5.75 Å². The van der Waals surface area contributed by atoms with E-state index in [0.717, 1.165) is 17.8 Å². The van der Waals surface area contributed by atoms with E-state index in [1.54, 1.807) is 30.3 Å². The van der Waals surface area contributed by atoms with Crippen LogP contribution in [-0.4, -0.2) is 4.98 Å². The number of thioether (sulfide) groups is 1. The molecule has 0 aliphatic rings. The van der Waals surface area contributed by atoms with Gasteiger partial charge >= 0.3 is 10.2 Å². The molecule has 0 bridgehead atoms. The van der Waals surface area contributed by atoms with Crippen molar-refractivity contribution in [1.29, 1.82) is 0 Å². The van der Waals surface area contributed by atoms with E-state index in [4.69, 9.17) is 0 Å². The van der Waals surface area contributed by atoms with Crippen LogP contribution in [0.5, 0.6) is 0 Å². The third-order valence-corrected chi connectivity index (χ3v) is 4.74. The molecule has 0 N–H and O–H groups in total. The fraction of sp³-hybridized carbons (Fsp3) is 0.0833. The summed E-state index contributed by atoms with van der Waals surface area (Å²) in [6.45, 7) is 0. The van der Waals surface area contributed by atoms with Crippen LogP contribution in [0.2, 0.25) is 0 Å². The molecule has 110 valence electrons. The molecule has 0 atom stereocenters. The number of hydrogen-bond donors (Lipinski definition) is 0. The van der Waals surface area contributed by atoms with Crippen LogP contribution in [0.3, 0.4) is 0 Å². The summed E-state index contributed by atoms with van der Waals surface area (Å²) in [5.74, 6) is 0.138. The molecule has 0 spiro atoms. The lowest BCUT2D eigenvalue weighted by molar-refractivity contribution is 0.359. The van der Waals surface area contributed by atoms with E-state index in [2.05, 4.69) is 4.98 Å². The zero-order valence-electron chi connectivity index (χ0n) is 9.98. The van der Waals surface area contributed by atoms with Crippen LogP contribution in [0.1, 0.15) is 5.56 Å². The van der Waals surface area contributed by atoms with E-state index < -0.39 is 20.1 Å². The Balaban J connectivity index is 2.31. The quantitative estimate of drug-likeness (QED) is 0.502. The average Bonchev–Trinajstić information content (AvgIpc) is 2.35. The lowest BCUT2D eigenvalue weighted by atomic mass is 10.2. The fourth-order valence-corrected chi connectivity index (χ4v) is 3.71. The molecule has 8 heteroatoms. The van der Waals surface area contributed by atoms with Gasteiger partial charge in [0.1, 0.15) is 9.92 Å². The molecule has 2 rings (SSSR count). The van der Waals surface area contributed by atoms with Crippen LogP contribution in [-0.2, 0) is 5.75 Å². The second-order valence-corrected chi connectivity index (χ2v) is 7.39. The van der Waals surface area contributed by atoms with Crippen molar-refractivity contribution in [1.82, 2.24) is 4.98 Å². The van der Waals surface area contributed by atoms with Gasteiger partial charge in [-0.05, 0) is 17.7 Å². The minimum absolute atomic E-state index is 0.138. The maximum absolute atomic E-state index is 12.9. The third-order valence-electron chi connectivity index (χ3n) is 2.37. The predicted octanol–water partition coefficient (Wildman–Crippen LogP) is 6.03. The molecule has 0 radical (unpaired) electrons. The highest BCUT2D eigenvalue weighted by atomic mass is 32.5. The van der Waals surface area contributed by atoms with Crippen LogP contribution < -0.4 is 0 Å². The molecule has 0 fully saturated rings. The summed E-state index contributed by atoms with van der Waals surface area (Å²) in [5.41, 5.74) is 0.733. The largest absolute Gasteiger partial charge is 0.312 e. The van der Waals surface area contributed by atoms with Crippen molar-refractivity contribution in [2.24, 2.45) is 0 Å². The van der Waals surface area contributed by atoms with Gasteiger partial charge < -0.3 is 0 Å². The number of benzene rings is 1. The Morgan fingerprint density at radius 3 is 2.15 bits per heavy atom. The molecular weight excluding hydrogens is 317 g/mol. The molecule has 1 aromatic heterocycles. The van der Waals surface area contributed by atoms with Crippen LogP contribution in [0.15, 0.2) is 58.6 Å². The highest BCUT2D eigenvalue weighted by Crippen LogP contribution is 3.02. The first-order chi connectivity index (χ1) is 9.06. The molecule has 1 aromatic carbocycles. The first kappa shape index (κ1) is 15.1. The predicted molar refractivity (Wildman–Crippen MR) is 71.6 cm³/mol. The second-order valence-electron chi connectivity index (χ2n) is 4.05. The Labute approximate surface area is 116 Å². The molecule has 0 unspecified atom stereocenters. The Morgan fingerprint density at radius 2 is 1.55 bits per heavy atom. The summed E-state index contributed by atoms with van der Waals surface area (Å²) >= 11 is 0.642. The monoisotopic (exact) mass is 327 g/mol. The minimum atomic E-state index is -9.71. The topological polar surface area (TPSA) is 12.9 Å². The molecule has 2 aromatic rings. The second kappa shape index (κ2) is 4.36. The fourth-order valence-electron chi connectivity index (χ4n) is 1.50. The van der Waals surface area contributed by atoms with Gasteiger partial charge in [-0.25, -0.2) is 4.98 Å². The first-order valence-corrected chi connectivity index (χ1v) is 8.36. The lowest BCUT2D eigenvalue weighted by Crippen LogP contribution is -2.08. The molecule has 0 aliphatic heterocycles. The van der Waals surface area contributed by atoms with Crippen molar-refractivity contribution in [3.63, 3.8) is 0 Å². The number of rotatable bonds is 4. The van der Waals surface area contributed by atoms with Gasteiger partial charge in [0.2, 0.25) is 0 Å². The van der Waals surface area contributed by atoms with Crippen molar-refractivity contribution < 1.29 is 19.4 Å². The van der Waals surface area contributed by atoms with Gasteiger partial charge in [0.15, 0.2) is 0 Å². The summed E-state index contributed by atoms with van der Waals surface area (Å²) in [6.07, 6.45) is 1.07. The van der Waals surface area contributed by atoms with Crippen LogP contribution in [0.4, 0.5) is 19.4 Å². The van der Waals surface area contributed by atoms with Gasteiger partial charge in [-0.1, -0.05) is 49.8 Å². The summed E-state index contributed by atoms with van der Waals surface area (Å²) in [6, 6.07) is 9.85. The zero-order valence-corrected chi connectivity index (χ0v) is 11.6. The van der Waals surface area contributed by atoms with E-state index in [1.165, 1.54) is 0 Å². The summed E-state index contributed by atoms with van der Waals surface area (Å²) < 4.78 is 64.4. The van der Waals surface area contributed by atoms with Gasteiger partial charge in [0.25, 0.3) is 0 Å². The van der Waals surface area contributed by atoms with Crippen molar-refractivity contribution in [2.75, 3.05) is 0 Å². The number of pyridine rings is 1. The van der Waals surface area contributed by atoms with E-state index in [9.17, 15) is 19.4 Å². The van der Waals surface area contributed by atoms with E-state index >= 15 is 0 Å². The van der Waals surface area contributed by atoms with Crippen molar-refractivity contribution in [3.05, 3.63) is 54.2 Å². The zero-order chi connectivity index (χ0) is 14.9. The average molecular weight is 327 g/mol. The SMILES string of the molecule is FS(F)(F)(F)(F)c1cccnc1SCc1ccccc1. The number of hydrogen-bond acceptors (Lipinski definition) is 2. The number of halogens is 5. The first-order valence-electron chi connectivity index (χ1n) is 5.42. The third kappa shape index (κ3) is 3.86. The molecular formula is C12H10F5NS2. The Hall–Kier alpha value is -1.28. The standard InChI is InChI=1S/C12H10F5NS2/c13-20(14,15,16,17)11-7-4-8-18-12(11)19-9-10-5-2-1-3-6-10/h1-8H,9H2. The van der Waals surface area contributed by atoms with Crippen LogP contribution in [0, 0.1) is 0 Å². The summed E-state index contributed by atoms with van der Waals surface area (Å²) in [5, 5.41) is -0.699. The maximum atomic E-state index is 12.9. The van der Waals surface area contributed by atoms with Crippen molar-refractivity contribution in [3.8, 4) is 0 Å². The van der Waals surface area contributed by atoms with Gasteiger partial charge in [0.05, 0.1) is 0 Å². The molecule has 0 saturated heterocycles. The maximum Gasteiger partial charge on any atom is 0.312 e. The van der Waals surface area contributed by atoms with Gasteiger partial charge in [0, 0.05) is 11.9 Å². The molecule has 1 heterocycles. The Kier molecular flexibility index (Phi) is 3.29. The van der Waals surface area contributed by atoms with Crippen LogP contribution >= 0.6 is 22.0 Å². The number of aromatic nitrogens is 1. The minimum Gasteiger partial charge on any atom is -0.248 e. The van der Waals surface area contributed by atoms with Crippen molar-refractivity contribution in [2.45, 2.75) is 15.7 Å². The Morgan fingerprint density at radius 1 is 0.900 bits per heavy atom. The molecule has 0 amide bonds. The van der Waals surface area contributed by atoms with E-state index in [0.29, 0.717) is 17.8 Å². The van der Waals surface area contributed by atoms with Gasteiger partial charge in [-0.3, -0.25) is 0 Å². The highest BCUT2D eigenvalue weighted by molar-refractivity contribution is 8.45. The van der Waals surface area contributed by atoms with E-state index in [1.807, 2.05) is 0 Å². The van der Waals surface area contributed by atoms with Gasteiger partial charge in [-0.2, -0.15) is 0 Å². The summed E-state index contributed by atoms with van der Waals surface area (Å²) in [7, 11) is -9.71. The number of nitrogens with zero attached hydrogens (tertiary/aromatic N) is 1.